The lowest BCUT2D eigenvalue weighted by atomic mass is 9.99. The van der Waals surface area contributed by atoms with Crippen LogP contribution in [0.15, 0.2) is 103 Å². The van der Waals surface area contributed by atoms with Crippen molar-refractivity contribution in [2.75, 3.05) is 37.3 Å². The summed E-state index contributed by atoms with van der Waals surface area (Å²) in [4.78, 5) is 29.8. The third kappa shape index (κ3) is 7.70. The molecule has 1 atom stereocenters. The van der Waals surface area contributed by atoms with Crippen LogP contribution >= 0.6 is 11.3 Å². The number of anilines is 1. The zero-order chi connectivity index (χ0) is 34.5. The Hall–Kier alpha value is -4.71. The van der Waals surface area contributed by atoms with Crippen molar-refractivity contribution in [3.63, 3.8) is 0 Å². The fourth-order valence-electron chi connectivity index (χ4n) is 6.58. The van der Waals surface area contributed by atoms with Crippen LogP contribution in [0.3, 0.4) is 0 Å². The number of carbonyl (C=O) groups is 2. The van der Waals surface area contributed by atoms with Crippen LogP contribution in [0.5, 0.6) is 5.75 Å². The number of hydrogen-bond acceptors (Lipinski definition) is 8. The largest absolute Gasteiger partial charge is 0.492 e. The molecule has 2 saturated heterocycles. The van der Waals surface area contributed by atoms with Crippen LogP contribution in [0.25, 0.3) is 20.5 Å². The molecule has 50 heavy (non-hydrogen) atoms. The van der Waals surface area contributed by atoms with Gasteiger partial charge in [-0.3, -0.25) is 9.69 Å². The van der Waals surface area contributed by atoms with Crippen LogP contribution in [0.1, 0.15) is 36.0 Å². The molecule has 0 saturated carbocycles. The van der Waals surface area contributed by atoms with E-state index in [4.69, 9.17) is 9.47 Å². The summed E-state index contributed by atoms with van der Waals surface area (Å²) in [7, 11) is -3.98. The molecule has 0 bridgehead atoms. The second-order valence-electron chi connectivity index (χ2n) is 12.6. The van der Waals surface area contributed by atoms with E-state index in [2.05, 4.69) is 40.5 Å². The lowest BCUT2D eigenvalue weighted by Crippen LogP contribution is -2.45. The number of carbonyl (C=O) groups excluding carboxylic acids is 2. The van der Waals surface area contributed by atoms with Crippen molar-refractivity contribution in [1.82, 2.24) is 9.21 Å². The predicted molar refractivity (Wildman–Crippen MR) is 197 cm³/mol. The van der Waals surface area contributed by atoms with Crippen LogP contribution in [0, 0.1) is 0 Å². The smallest absolute Gasteiger partial charge is 0.424 e. The van der Waals surface area contributed by atoms with Gasteiger partial charge in [-0.15, -0.1) is 11.3 Å². The van der Waals surface area contributed by atoms with Gasteiger partial charge in [0.2, 0.25) is 15.9 Å². The van der Waals surface area contributed by atoms with Crippen LogP contribution in [-0.2, 0) is 32.6 Å². The summed E-state index contributed by atoms with van der Waals surface area (Å²) in [5.41, 5.74) is 4.64. The number of nitrogens with one attached hydrogen (secondary N) is 1. The molecule has 2 fully saturated rings. The molecule has 5 aromatic rings. The first-order valence-electron chi connectivity index (χ1n) is 16.9. The average molecular weight is 710 g/mol. The van der Waals surface area contributed by atoms with Gasteiger partial charge in [-0.1, -0.05) is 72.8 Å². The van der Waals surface area contributed by atoms with Gasteiger partial charge in [-0.25, -0.2) is 13.2 Å². The molecule has 7 rings (SSSR count). The molecule has 1 N–H and O–H groups in total. The summed E-state index contributed by atoms with van der Waals surface area (Å²) in [6, 6.07) is 32.0. The van der Waals surface area contributed by atoms with Crippen LogP contribution in [0.2, 0.25) is 0 Å². The van der Waals surface area contributed by atoms with Gasteiger partial charge in [-0.05, 0) is 96.7 Å². The first kappa shape index (κ1) is 33.8. The van der Waals surface area contributed by atoms with Crippen LogP contribution < -0.4 is 10.1 Å². The SMILES string of the molecule is O=C(Nc1ccc(-c2sc3ccccc3c2Cc2ccc(OCCN3CCCC3)cc2)cc1)[C@H]1CCS(=O)(=O)N1C(=O)OCc1ccccc1. The summed E-state index contributed by atoms with van der Waals surface area (Å²) < 4.78 is 38.6. The van der Waals surface area contributed by atoms with E-state index in [0.717, 1.165) is 42.2 Å². The van der Waals surface area contributed by atoms with Crippen molar-refractivity contribution < 1.29 is 27.5 Å². The Morgan fingerprint density at radius 2 is 1.56 bits per heavy atom. The maximum Gasteiger partial charge on any atom is 0.424 e. The third-order valence-corrected chi connectivity index (χ3v) is 12.2. The van der Waals surface area contributed by atoms with Crippen molar-refractivity contribution >= 4 is 49.1 Å². The molecule has 258 valence electrons. The molecule has 0 spiro atoms. The Bertz CT molecular complexity index is 2060. The van der Waals surface area contributed by atoms with Crippen molar-refractivity contribution in [2.24, 2.45) is 0 Å². The molecule has 2 aliphatic rings. The van der Waals surface area contributed by atoms with Crippen molar-refractivity contribution in [3.8, 4) is 16.2 Å². The quantitative estimate of drug-likeness (QED) is 0.153. The maximum absolute atomic E-state index is 13.3. The van der Waals surface area contributed by atoms with Crippen molar-refractivity contribution in [2.45, 2.75) is 38.3 Å². The Balaban J connectivity index is 1.03. The first-order chi connectivity index (χ1) is 24.3. The van der Waals surface area contributed by atoms with E-state index >= 15 is 0 Å². The number of ether oxygens (including phenoxy) is 2. The van der Waals surface area contributed by atoms with E-state index in [1.165, 1.54) is 34.1 Å². The zero-order valence-corrected chi connectivity index (χ0v) is 29.3. The lowest BCUT2D eigenvalue weighted by Gasteiger charge is -2.22. The molecule has 0 radical (unpaired) electrons. The second kappa shape index (κ2) is 15.0. The minimum Gasteiger partial charge on any atom is -0.492 e. The number of sulfonamides is 1. The number of hydrogen-bond donors (Lipinski definition) is 1. The molecule has 2 amide bonds. The Labute approximate surface area is 296 Å². The summed E-state index contributed by atoms with van der Waals surface area (Å²) in [5.74, 6) is -0.0156. The van der Waals surface area contributed by atoms with E-state index in [9.17, 15) is 18.0 Å². The molecule has 4 aromatic carbocycles. The van der Waals surface area contributed by atoms with Crippen molar-refractivity contribution in [3.05, 3.63) is 120 Å². The highest BCUT2D eigenvalue weighted by Gasteiger charge is 2.46. The number of fused-ring (bicyclic) bond motifs is 1. The molecule has 11 heteroatoms. The van der Waals surface area contributed by atoms with Gasteiger partial charge in [0.25, 0.3) is 0 Å². The highest BCUT2D eigenvalue weighted by atomic mass is 32.2. The third-order valence-electron chi connectivity index (χ3n) is 9.21. The number of thiophene rings is 1. The fourth-order valence-corrected chi connectivity index (χ4v) is 9.39. The molecule has 9 nitrogen and oxygen atoms in total. The van der Waals surface area contributed by atoms with E-state index in [1.807, 2.05) is 36.4 Å². The normalized spacial score (nSPS) is 17.2. The van der Waals surface area contributed by atoms with Gasteiger partial charge in [0, 0.05) is 21.8 Å². The van der Waals surface area contributed by atoms with E-state index in [-0.39, 0.29) is 18.8 Å². The average Bonchev–Trinajstić information content (AvgIpc) is 3.86. The molecular formula is C39H39N3O6S2. The van der Waals surface area contributed by atoms with Gasteiger partial charge in [0.05, 0.1) is 5.75 Å². The Morgan fingerprint density at radius 3 is 2.32 bits per heavy atom. The van der Waals surface area contributed by atoms with Gasteiger partial charge < -0.3 is 14.8 Å². The first-order valence-corrected chi connectivity index (χ1v) is 19.4. The Kier molecular flexibility index (Phi) is 10.2. The van der Waals surface area contributed by atoms with Gasteiger partial charge in [0.15, 0.2) is 0 Å². The number of amides is 2. The molecular weight excluding hydrogens is 671 g/mol. The monoisotopic (exact) mass is 709 g/mol. The standard InChI is InChI=1S/C39H39N3O6S2/c43-38(35-20-25-50(45,46)42(35)39(44)48-27-29-8-2-1-3-9-29)40-31-16-14-30(15-17-31)37-34(33-10-4-5-11-36(33)49-37)26-28-12-18-32(19-13-28)47-24-23-41-21-6-7-22-41/h1-5,8-19,35H,6-7,20-27H2,(H,40,43)/t35-/m1/s1. The molecule has 0 aliphatic carbocycles. The second-order valence-corrected chi connectivity index (χ2v) is 15.7. The minimum atomic E-state index is -3.98. The van der Waals surface area contributed by atoms with E-state index < -0.39 is 28.1 Å². The highest BCUT2D eigenvalue weighted by molar-refractivity contribution is 7.89. The molecule has 1 aromatic heterocycles. The Morgan fingerprint density at radius 1 is 0.840 bits per heavy atom. The molecule has 2 aliphatic heterocycles. The zero-order valence-electron chi connectivity index (χ0n) is 27.6. The molecule has 0 unspecified atom stereocenters. The number of rotatable bonds is 11. The van der Waals surface area contributed by atoms with Gasteiger partial charge >= 0.3 is 6.09 Å². The van der Waals surface area contributed by atoms with Crippen LogP contribution in [-0.4, -0.2) is 67.7 Å². The predicted octanol–water partition coefficient (Wildman–Crippen LogP) is 7.31. The summed E-state index contributed by atoms with van der Waals surface area (Å²) >= 11 is 1.73. The lowest BCUT2D eigenvalue weighted by molar-refractivity contribution is -0.119. The van der Waals surface area contributed by atoms with E-state index in [1.54, 1.807) is 47.7 Å². The summed E-state index contributed by atoms with van der Waals surface area (Å²) in [5, 5.41) is 4.02. The molecule has 3 heterocycles. The minimum absolute atomic E-state index is 0.0104. The highest BCUT2D eigenvalue weighted by Crippen LogP contribution is 2.40. The topological polar surface area (TPSA) is 105 Å². The fraction of sp³-hybridized carbons (Fsp3) is 0.282. The van der Waals surface area contributed by atoms with Gasteiger partial charge in [-0.2, -0.15) is 4.31 Å². The maximum atomic E-state index is 13.3. The number of benzene rings is 4. The van der Waals surface area contributed by atoms with E-state index in [0.29, 0.717) is 22.2 Å². The number of likely N-dealkylation sites (tertiary alicyclic amines) is 1. The summed E-state index contributed by atoms with van der Waals surface area (Å²) in [6.07, 6.45) is 2.23. The van der Waals surface area contributed by atoms with Crippen LogP contribution in [0.4, 0.5) is 10.5 Å². The van der Waals surface area contributed by atoms with Crippen molar-refractivity contribution in [1.29, 1.82) is 0 Å². The summed E-state index contributed by atoms with van der Waals surface area (Å²) in [6.45, 7) is 3.87. The van der Waals surface area contributed by atoms with Gasteiger partial charge in [0.1, 0.15) is 25.0 Å². The number of nitrogens with zero attached hydrogens (tertiary/aromatic N) is 2.